The lowest BCUT2D eigenvalue weighted by atomic mass is 10.1. The molecule has 0 aromatic heterocycles. The van der Waals surface area contributed by atoms with Crippen LogP contribution in [0.5, 0.6) is 0 Å². The lowest BCUT2D eigenvalue weighted by Crippen LogP contribution is -2.52. The summed E-state index contributed by atoms with van der Waals surface area (Å²) in [4.78, 5) is 52.7. The highest BCUT2D eigenvalue weighted by molar-refractivity contribution is 6.21. The van der Waals surface area contributed by atoms with E-state index >= 15 is 0 Å². The van der Waals surface area contributed by atoms with Crippen LogP contribution in [0.25, 0.3) is 0 Å². The van der Waals surface area contributed by atoms with Crippen LogP contribution in [-0.4, -0.2) is 71.8 Å². The Morgan fingerprint density at radius 1 is 0.969 bits per heavy atom. The van der Waals surface area contributed by atoms with Gasteiger partial charge in [0.25, 0.3) is 17.5 Å². The average Bonchev–Trinajstić information content (AvgIpc) is 3.06. The van der Waals surface area contributed by atoms with Crippen LogP contribution >= 0.6 is 0 Å². The molecular formula is C22H23N5O5. The third-order valence-electron chi connectivity index (χ3n) is 5.69. The standard InChI is InChI=1S/C22H23N5O5/c28-20-18-8-7-17(27(31)32)15-19(18)21(29)26(20)10-4-9-23-22(30)25-13-11-24(12-14-25)16-5-2-1-3-6-16/h1-3,5-8,15H,4,9-14H2,(H,23,30). The van der Waals surface area contributed by atoms with Crippen molar-refractivity contribution in [1.29, 1.82) is 0 Å². The van der Waals surface area contributed by atoms with E-state index < -0.39 is 16.7 Å². The van der Waals surface area contributed by atoms with Gasteiger partial charge in [-0.2, -0.15) is 0 Å². The van der Waals surface area contributed by atoms with Gasteiger partial charge in [0.15, 0.2) is 0 Å². The van der Waals surface area contributed by atoms with Crippen molar-refractivity contribution < 1.29 is 19.3 Å². The summed E-state index contributed by atoms with van der Waals surface area (Å²) >= 11 is 0. The average molecular weight is 437 g/mol. The first-order valence-corrected chi connectivity index (χ1v) is 10.4. The monoisotopic (exact) mass is 437 g/mol. The molecule has 1 saturated heterocycles. The fourth-order valence-corrected chi connectivity index (χ4v) is 3.95. The summed E-state index contributed by atoms with van der Waals surface area (Å²) in [6, 6.07) is 13.5. The van der Waals surface area contributed by atoms with Crippen LogP contribution in [0.2, 0.25) is 0 Å². The quantitative estimate of drug-likeness (QED) is 0.320. The zero-order valence-electron chi connectivity index (χ0n) is 17.4. The van der Waals surface area contributed by atoms with Crippen molar-refractivity contribution in [2.24, 2.45) is 0 Å². The number of benzene rings is 2. The number of para-hydroxylation sites is 1. The molecule has 0 spiro atoms. The Hall–Kier alpha value is -3.95. The van der Waals surface area contributed by atoms with Crippen LogP contribution in [0.4, 0.5) is 16.2 Å². The van der Waals surface area contributed by atoms with Gasteiger partial charge in [-0.25, -0.2) is 4.79 Å². The number of imide groups is 1. The molecule has 0 atom stereocenters. The second-order valence-electron chi connectivity index (χ2n) is 7.64. The summed E-state index contributed by atoms with van der Waals surface area (Å²) in [7, 11) is 0. The first kappa shape index (κ1) is 21.3. The number of hydrogen-bond donors (Lipinski definition) is 1. The Morgan fingerprint density at radius 3 is 2.34 bits per heavy atom. The molecule has 2 aromatic rings. The van der Waals surface area contributed by atoms with Crippen LogP contribution in [0.15, 0.2) is 48.5 Å². The number of anilines is 1. The second kappa shape index (κ2) is 9.04. The van der Waals surface area contributed by atoms with E-state index in [1.807, 2.05) is 30.3 Å². The van der Waals surface area contributed by atoms with Crippen LogP contribution in [0.3, 0.4) is 0 Å². The summed E-state index contributed by atoms with van der Waals surface area (Å²) in [6.45, 7) is 3.15. The molecule has 0 radical (unpaired) electrons. The van der Waals surface area contributed by atoms with E-state index in [1.165, 1.54) is 12.1 Å². The van der Waals surface area contributed by atoms with Crippen LogP contribution in [-0.2, 0) is 0 Å². The Balaban J connectivity index is 1.22. The summed E-state index contributed by atoms with van der Waals surface area (Å²) in [5.41, 5.74) is 1.12. The molecule has 166 valence electrons. The van der Waals surface area contributed by atoms with Crippen molar-refractivity contribution in [2.45, 2.75) is 6.42 Å². The molecule has 2 aromatic carbocycles. The lowest BCUT2D eigenvalue weighted by Gasteiger charge is -2.36. The van der Waals surface area contributed by atoms with E-state index in [0.29, 0.717) is 26.1 Å². The number of piperazine rings is 1. The Kier molecular flexibility index (Phi) is 6.02. The largest absolute Gasteiger partial charge is 0.368 e. The Labute approximate surface area is 184 Å². The van der Waals surface area contributed by atoms with Gasteiger partial charge >= 0.3 is 6.03 Å². The molecule has 10 nitrogen and oxygen atoms in total. The molecule has 32 heavy (non-hydrogen) atoms. The molecule has 1 N–H and O–H groups in total. The third-order valence-corrected chi connectivity index (χ3v) is 5.69. The summed E-state index contributed by atoms with van der Waals surface area (Å²) < 4.78 is 0. The second-order valence-corrected chi connectivity index (χ2v) is 7.64. The normalized spacial score (nSPS) is 15.7. The van der Waals surface area contributed by atoms with Gasteiger partial charge in [0, 0.05) is 57.1 Å². The van der Waals surface area contributed by atoms with E-state index in [9.17, 15) is 24.5 Å². The zero-order chi connectivity index (χ0) is 22.7. The molecular weight excluding hydrogens is 414 g/mol. The number of amides is 4. The van der Waals surface area contributed by atoms with Crippen LogP contribution in [0.1, 0.15) is 27.1 Å². The fourth-order valence-electron chi connectivity index (χ4n) is 3.95. The van der Waals surface area contributed by atoms with Crippen molar-refractivity contribution >= 4 is 29.2 Å². The van der Waals surface area contributed by atoms with Gasteiger partial charge in [-0.15, -0.1) is 0 Å². The Bertz CT molecular complexity index is 1050. The number of nitro groups is 1. The van der Waals surface area contributed by atoms with E-state index in [0.717, 1.165) is 29.7 Å². The highest BCUT2D eigenvalue weighted by Gasteiger charge is 2.36. The lowest BCUT2D eigenvalue weighted by molar-refractivity contribution is -0.384. The third kappa shape index (κ3) is 4.25. The molecule has 2 aliphatic rings. The maximum atomic E-state index is 12.5. The number of fused-ring (bicyclic) bond motifs is 1. The van der Waals surface area contributed by atoms with E-state index in [2.05, 4.69) is 10.2 Å². The highest BCUT2D eigenvalue weighted by atomic mass is 16.6. The molecule has 1 fully saturated rings. The SMILES string of the molecule is O=C(NCCCN1C(=O)c2ccc([N+](=O)[O-])cc2C1=O)N1CCN(c2ccccc2)CC1. The summed E-state index contributed by atoms with van der Waals surface area (Å²) in [5, 5.41) is 13.8. The maximum Gasteiger partial charge on any atom is 0.317 e. The number of urea groups is 1. The first-order valence-electron chi connectivity index (χ1n) is 10.4. The topological polar surface area (TPSA) is 116 Å². The van der Waals surface area contributed by atoms with Crippen molar-refractivity contribution in [3.63, 3.8) is 0 Å². The molecule has 4 rings (SSSR count). The van der Waals surface area contributed by atoms with Crippen molar-refractivity contribution in [1.82, 2.24) is 15.1 Å². The van der Waals surface area contributed by atoms with Crippen molar-refractivity contribution in [2.75, 3.05) is 44.2 Å². The number of carbonyl (C=O) groups is 3. The number of nitrogens with one attached hydrogen (secondary N) is 1. The molecule has 2 heterocycles. The number of carbonyl (C=O) groups excluding carboxylic acids is 3. The van der Waals surface area contributed by atoms with E-state index in [1.54, 1.807) is 4.90 Å². The van der Waals surface area contributed by atoms with Gasteiger partial charge in [-0.1, -0.05) is 18.2 Å². The molecule has 0 bridgehead atoms. The number of nitrogens with zero attached hydrogens (tertiary/aromatic N) is 4. The zero-order valence-corrected chi connectivity index (χ0v) is 17.4. The Morgan fingerprint density at radius 2 is 1.66 bits per heavy atom. The minimum Gasteiger partial charge on any atom is -0.368 e. The van der Waals surface area contributed by atoms with Crippen LogP contribution in [0, 0.1) is 10.1 Å². The van der Waals surface area contributed by atoms with Gasteiger partial charge in [0.1, 0.15) is 0 Å². The van der Waals surface area contributed by atoms with E-state index in [-0.39, 0.29) is 29.4 Å². The minimum absolute atomic E-state index is 0.0459. The minimum atomic E-state index is -0.601. The molecule has 0 aliphatic carbocycles. The molecule has 4 amide bonds. The first-order chi connectivity index (χ1) is 15.5. The number of non-ortho nitro benzene ring substituents is 1. The van der Waals surface area contributed by atoms with Gasteiger partial charge in [-0.3, -0.25) is 24.6 Å². The molecule has 10 heteroatoms. The predicted molar refractivity (Wildman–Crippen MR) is 117 cm³/mol. The number of rotatable bonds is 6. The number of nitro benzene ring substituents is 1. The smallest absolute Gasteiger partial charge is 0.317 e. The van der Waals surface area contributed by atoms with E-state index in [4.69, 9.17) is 0 Å². The van der Waals surface area contributed by atoms with Crippen LogP contribution < -0.4 is 10.2 Å². The van der Waals surface area contributed by atoms with Gasteiger partial charge < -0.3 is 15.1 Å². The fraction of sp³-hybridized carbons (Fsp3) is 0.318. The van der Waals surface area contributed by atoms with Gasteiger partial charge in [0.05, 0.1) is 16.1 Å². The van der Waals surface area contributed by atoms with Crippen molar-refractivity contribution in [3.05, 3.63) is 69.8 Å². The highest BCUT2D eigenvalue weighted by Crippen LogP contribution is 2.26. The van der Waals surface area contributed by atoms with Crippen molar-refractivity contribution in [3.8, 4) is 0 Å². The summed E-state index contributed by atoms with van der Waals surface area (Å²) in [6.07, 6.45) is 0.392. The predicted octanol–water partition coefficient (Wildman–Crippen LogP) is 2.11. The molecule has 0 unspecified atom stereocenters. The van der Waals surface area contributed by atoms with Gasteiger partial charge in [-0.05, 0) is 24.6 Å². The molecule has 2 aliphatic heterocycles. The number of hydrogen-bond acceptors (Lipinski definition) is 6. The van der Waals surface area contributed by atoms with Gasteiger partial charge in [0.2, 0.25) is 0 Å². The maximum absolute atomic E-state index is 12.5. The molecule has 0 saturated carbocycles. The summed E-state index contributed by atoms with van der Waals surface area (Å²) in [5.74, 6) is -1.01.